The molecule has 7 heteroatoms. The van der Waals surface area contributed by atoms with Crippen LogP contribution >= 0.6 is 12.2 Å². The summed E-state index contributed by atoms with van der Waals surface area (Å²) in [6.45, 7) is 4.16. The largest absolute Gasteiger partial charge is 0.507 e. The zero-order valence-electron chi connectivity index (χ0n) is 13.3. The molecular weight excluding hydrogens is 329 g/mol. The van der Waals surface area contributed by atoms with Gasteiger partial charge in [-0.1, -0.05) is 0 Å². The zero-order chi connectivity index (χ0) is 17.5. The van der Waals surface area contributed by atoms with Gasteiger partial charge in [0.25, 0.3) is 0 Å². The number of nitrogens with zero attached hydrogens (tertiary/aromatic N) is 1. The van der Waals surface area contributed by atoms with Gasteiger partial charge in [0.05, 0.1) is 12.3 Å². The lowest BCUT2D eigenvalue weighted by Gasteiger charge is -2.09. The zero-order valence-corrected chi connectivity index (χ0v) is 14.2. The molecule has 0 fully saturated rings. The maximum Gasteiger partial charge on any atom is 0.191 e. The Kier molecular flexibility index (Phi) is 6.08. The van der Waals surface area contributed by atoms with E-state index in [0.29, 0.717) is 17.9 Å². The molecular formula is C17H18FN3O2S. The van der Waals surface area contributed by atoms with E-state index in [-0.39, 0.29) is 10.9 Å². The quantitative estimate of drug-likeness (QED) is 0.438. The third-order valence-corrected chi connectivity index (χ3v) is 3.29. The Morgan fingerprint density at radius 3 is 2.62 bits per heavy atom. The van der Waals surface area contributed by atoms with E-state index in [2.05, 4.69) is 15.8 Å². The second kappa shape index (κ2) is 8.26. The third-order valence-electron chi connectivity index (χ3n) is 3.10. The summed E-state index contributed by atoms with van der Waals surface area (Å²) >= 11 is 5.15. The lowest BCUT2D eigenvalue weighted by molar-refractivity contribution is 0.340. The molecule has 0 heterocycles. The Morgan fingerprint density at radius 1 is 1.25 bits per heavy atom. The van der Waals surface area contributed by atoms with Crippen molar-refractivity contribution in [1.82, 2.24) is 5.43 Å². The van der Waals surface area contributed by atoms with Gasteiger partial charge in [-0.15, -0.1) is 0 Å². The first-order valence-electron chi connectivity index (χ1n) is 7.32. The number of hydrazone groups is 1. The first kappa shape index (κ1) is 17.7. The Balaban J connectivity index is 1.97. The number of ether oxygens (including phenoxy) is 1. The molecule has 0 saturated carbocycles. The number of nitrogens with one attached hydrogen (secondary N) is 2. The highest BCUT2D eigenvalue weighted by atomic mass is 32.1. The van der Waals surface area contributed by atoms with Crippen molar-refractivity contribution in [1.29, 1.82) is 0 Å². The summed E-state index contributed by atoms with van der Waals surface area (Å²) in [5.41, 5.74) is 4.14. The van der Waals surface area contributed by atoms with Crippen molar-refractivity contribution >= 4 is 28.7 Å². The highest BCUT2D eigenvalue weighted by Gasteiger charge is 2.06. The monoisotopic (exact) mass is 347 g/mol. The minimum Gasteiger partial charge on any atom is -0.507 e. The van der Waals surface area contributed by atoms with E-state index < -0.39 is 5.82 Å². The van der Waals surface area contributed by atoms with Gasteiger partial charge < -0.3 is 15.2 Å². The van der Waals surface area contributed by atoms with Crippen molar-refractivity contribution in [3.63, 3.8) is 0 Å². The van der Waals surface area contributed by atoms with Crippen molar-refractivity contribution in [2.24, 2.45) is 5.10 Å². The highest BCUT2D eigenvalue weighted by Crippen LogP contribution is 2.18. The summed E-state index contributed by atoms with van der Waals surface area (Å²) in [6, 6.07) is 11.0. The second-order valence-electron chi connectivity index (χ2n) is 4.88. The van der Waals surface area contributed by atoms with Crippen LogP contribution in [0.4, 0.5) is 10.1 Å². The average molecular weight is 347 g/mol. The van der Waals surface area contributed by atoms with Crippen LogP contribution in [0.1, 0.15) is 19.4 Å². The van der Waals surface area contributed by atoms with Gasteiger partial charge in [-0.3, -0.25) is 5.43 Å². The molecule has 2 rings (SSSR count). The van der Waals surface area contributed by atoms with E-state index in [9.17, 15) is 9.50 Å². The van der Waals surface area contributed by atoms with Crippen LogP contribution in [0.25, 0.3) is 0 Å². The Hall–Kier alpha value is -2.67. The number of anilines is 1. The van der Waals surface area contributed by atoms with Crippen LogP contribution < -0.4 is 15.5 Å². The van der Waals surface area contributed by atoms with E-state index in [1.165, 1.54) is 18.2 Å². The van der Waals surface area contributed by atoms with Crippen LogP contribution in [0.2, 0.25) is 0 Å². The molecule has 0 amide bonds. The van der Waals surface area contributed by atoms with E-state index in [0.717, 1.165) is 11.4 Å². The van der Waals surface area contributed by atoms with E-state index in [1.807, 2.05) is 31.2 Å². The van der Waals surface area contributed by atoms with Crippen LogP contribution in [0.3, 0.4) is 0 Å². The molecule has 0 radical (unpaired) electrons. The molecule has 2 aromatic rings. The van der Waals surface area contributed by atoms with E-state index in [1.54, 1.807) is 6.92 Å². The SMILES string of the molecule is CCOc1ccc(NC(=S)N/N=C(\C)c2cc(F)ccc2O)cc1. The number of benzene rings is 2. The molecule has 0 spiro atoms. The van der Waals surface area contributed by atoms with Crippen LogP contribution in [0.5, 0.6) is 11.5 Å². The van der Waals surface area contributed by atoms with E-state index >= 15 is 0 Å². The van der Waals surface area contributed by atoms with Crippen molar-refractivity contribution in [3.8, 4) is 11.5 Å². The molecule has 0 aliphatic rings. The molecule has 0 bridgehead atoms. The van der Waals surface area contributed by atoms with Gasteiger partial charge in [-0.2, -0.15) is 5.10 Å². The third kappa shape index (κ3) is 4.92. The molecule has 0 atom stereocenters. The lowest BCUT2D eigenvalue weighted by atomic mass is 10.1. The van der Waals surface area contributed by atoms with Crippen molar-refractivity contribution in [2.45, 2.75) is 13.8 Å². The fourth-order valence-corrected chi connectivity index (χ4v) is 2.12. The van der Waals surface area contributed by atoms with Gasteiger partial charge in [0.2, 0.25) is 0 Å². The standard InChI is InChI=1S/C17H18FN3O2S/c1-3-23-14-7-5-13(6-8-14)19-17(24)21-20-11(2)15-10-12(18)4-9-16(15)22/h4-10,22H,3H2,1-2H3,(H2,19,21,24)/b20-11+. The van der Waals surface area contributed by atoms with Gasteiger partial charge >= 0.3 is 0 Å². The minimum absolute atomic E-state index is 0.0511. The number of hydrogen-bond acceptors (Lipinski definition) is 4. The maximum absolute atomic E-state index is 13.2. The van der Waals surface area contributed by atoms with Crippen molar-refractivity contribution in [3.05, 3.63) is 53.8 Å². The molecule has 3 N–H and O–H groups in total. The number of aromatic hydroxyl groups is 1. The van der Waals surface area contributed by atoms with Crippen LogP contribution in [-0.4, -0.2) is 22.5 Å². The van der Waals surface area contributed by atoms with Crippen LogP contribution in [0, 0.1) is 5.82 Å². The molecule has 0 aliphatic heterocycles. The topological polar surface area (TPSA) is 65.9 Å². The molecule has 0 aliphatic carbocycles. The number of thiocarbonyl (C=S) groups is 1. The van der Waals surface area contributed by atoms with E-state index in [4.69, 9.17) is 17.0 Å². The molecule has 5 nitrogen and oxygen atoms in total. The number of phenols is 1. The normalized spacial score (nSPS) is 11.0. The lowest BCUT2D eigenvalue weighted by Crippen LogP contribution is -2.25. The summed E-state index contributed by atoms with van der Waals surface area (Å²) in [4.78, 5) is 0. The average Bonchev–Trinajstić information content (AvgIpc) is 2.57. The molecule has 0 aromatic heterocycles. The van der Waals surface area contributed by atoms with Crippen molar-refractivity contribution < 1.29 is 14.2 Å². The fraction of sp³-hybridized carbons (Fsp3) is 0.176. The number of halogens is 1. The summed E-state index contributed by atoms with van der Waals surface area (Å²) in [6.07, 6.45) is 0. The van der Waals surface area contributed by atoms with Gasteiger partial charge in [-0.05, 0) is 68.5 Å². The Labute approximate surface area is 145 Å². The molecule has 2 aromatic carbocycles. The van der Waals surface area contributed by atoms with Gasteiger partial charge in [0, 0.05) is 11.3 Å². The minimum atomic E-state index is -0.451. The summed E-state index contributed by atoms with van der Waals surface area (Å²) in [5.74, 6) is 0.273. The Morgan fingerprint density at radius 2 is 1.96 bits per heavy atom. The Bertz CT molecular complexity index is 748. The predicted molar refractivity (Wildman–Crippen MR) is 97.2 cm³/mol. The number of rotatable bonds is 5. The van der Waals surface area contributed by atoms with Crippen molar-refractivity contribution in [2.75, 3.05) is 11.9 Å². The van der Waals surface area contributed by atoms with Crippen LogP contribution in [-0.2, 0) is 0 Å². The second-order valence-corrected chi connectivity index (χ2v) is 5.29. The van der Waals surface area contributed by atoms with Gasteiger partial charge in [0.1, 0.15) is 17.3 Å². The highest BCUT2D eigenvalue weighted by molar-refractivity contribution is 7.80. The predicted octanol–water partition coefficient (Wildman–Crippen LogP) is 3.64. The van der Waals surface area contributed by atoms with Gasteiger partial charge in [0.15, 0.2) is 5.11 Å². The summed E-state index contributed by atoms with van der Waals surface area (Å²) in [7, 11) is 0. The smallest absolute Gasteiger partial charge is 0.191 e. The van der Waals surface area contributed by atoms with Gasteiger partial charge in [-0.25, -0.2) is 4.39 Å². The molecule has 0 unspecified atom stereocenters. The maximum atomic E-state index is 13.2. The number of phenolic OH excluding ortho intramolecular Hbond substituents is 1. The summed E-state index contributed by atoms with van der Waals surface area (Å²) < 4.78 is 18.6. The fourth-order valence-electron chi connectivity index (χ4n) is 1.95. The summed E-state index contributed by atoms with van der Waals surface area (Å²) in [5, 5.41) is 17.0. The molecule has 0 saturated heterocycles. The molecule has 24 heavy (non-hydrogen) atoms. The first-order chi connectivity index (χ1) is 11.5. The van der Waals surface area contributed by atoms with Crippen LogP contribution in [0.15, 0.2) is 47.6 Å². The number of hydrogen-bond donors (Lipinski definition) is 3. The molecule has 126 valence electrons. The first-order valence-corrected chi connectivity index (χ1v) is 7.73.